The maximum Gasteiger partial charge on any atom is 0.234 e. The normalized spacial score (nSPS) is 18.9. The number of carbonyl (C=O) groups is 1. The van der Waals surface area contributed by atoms with Crippen molar-refractivity contribution < 1.29 is 14.6 Å². The molecule has 106 valence electrons. The Morgan fingerprint density at radius 3 is 2.50 bits per heavy atom. The average Bonchev–Trinajstić information content (AvgIpc) is 2.36. The lowest BCUT2D eigenvalue weighted by Crippen LogP contribution is -2.48. The molecule has 0 bridgehead atoms. The van der Waals surface area contributed by atoms with Crippen molar-refractivity contribution in [2.45, 2.75) is 51.2 Å². The standard InChI is InChI=1S/C13H26N2O3/c1-3-11(4-2)15-12(16)9-14-10-13(17)5-7-18-8-6-13/h11,14,17H,3-10H2,1-2H3,(H,15,16). The van der Waals surface area contributed by atoms with Crippen LogP contribution >= 0.6 is 0 Å². The van der Waals surface area contributed by atoms with Crippen molar-refractivity contribution in [2.24, 2.45) is 0 Å². The molecule has 1 aliphatic heterocycles. The Kier molecular flexibility index (Phi) is 6.60. The molecule has 3 N–H and O–H groups in total. The van der Waals surface area contributed by atoms with Gasteiger partial charge in [0.15, 0.2) is 0 Å². The molecule has 18 heavy (non-hydrogen) atoms. The molecule has 0 spiro atoms. The molecular weight excluding hydrogens is 232 g/mol. The third-order valence-electron chi connectivity index (χ3n) is 3.51. The van der Waals surface area contributed by atoms with E-state index in [1.54, 1.807) is 0 Å². The fraction of sp³-hybridized carbons (Fsp3) is 0.923. The summed E-state index contributed by atoms with van der Waals surface area (Å²) >= 11 is 0. The van der Waals surface area contributed by atoms with Gasteiger partial charge in [-0.3, -0.25) is 4.79 Å². The number of hydrogen-bond donors (Lipinski definition) is 3. The Morgan fingerprint density at radius 2 is 1.94 bits per heavy atom. The minimum atomic E-state index is -0.715. The van der Waals surface area contributed by atoms with Crippen LogP contribution in [0.1, 0.15) is 39.5 Å². The summed E-state index contributed by atoms with van der Waals surface area (Å²) in [5, 5.41) is 16.2. The molecule has 5 nitrogen and oxygen atoms in total. The van der Waals surface area contributed by atoms with Gasteiger partial charge < -0.3 is 20.5 Å². The van der Waals surface area contributed by atoms with E-state index in [1.165, 1.54) is 0 Å². The minimum Gasteiger partial charge on any atom is -0.388 e. The zero-order valence-corrected chi connectivity index (χ0v) is 11.5. The van der Waals surface area contributed by atoms with Crippen LogP contribution in [-0.4, -0.2) is 49.0 Å². The molecule has 0 aromatic carbocycles. The van der Waals surface area contributed by atoms with E-state index >= 15 is 0 Å². The highest BCUT2D eigenvalue weighted by atomic mass is 16.5. The molecule has 0 saturated carbocycles. The summed E-state index contributed by atoms with van der Waals surface area (Å²) in [4.78, 5) is 11.6. The molecule has 5 heteroatoms. The molecular formula is C13H26N2O3. The molecule has 0 atom stereocenters. The van der Waals surface area contributed by atoms with Gasteiger partial charge >= 0.3 is 0 Å². The fourth-order valence-electron chi connectivity index (χ4n) is 2.11. The summed E-state index contributed by atoms with van der Waals surface area (Å²) in [5.41, 5.74) is -0.715. The monoisotopic (exact) mass is 258 g/mol. The summed E-state index contributed by atoms with van der Waals surface area (Å²) < 4.78 is 5.21. The predicted molar refractivity (Wildman–Crippen MR) is 70.4 cm³/mol. The van der Waals surface area contributed by atoms with Gasteiger partial charge in [-0.2, -0.15) is 0 Å². The van der Waals surface area contributed by atoms with Crippen LogP contribution in [0.25, 0.3) is 0 Å². The second-order valence-electron chi connectivity index (χ2n) is 5.02. The van der Waals surface area contributed by atoms with Crippen LogP contribution < -0.4 is 10.6 Å². The van der Waals surface area contributed by atoms with Crippen LogP contribution in [-0.2, 0) is 9.53 Å². The Bertz CT molecular complexity index is 249. The number of ether oxygens (including phenoxy) is 1. The van der Waals surface area contributed by atoms with E-state index < -0.39 is 5.60 Å². The number of carbonyl (C=O) groups excluding carboxylic acids is 1. The second-order valence-corrected chi connectivity index (χ2v) is 5.02. The molecule has 0 radical (unpaired) electrons. The van der Waals surface area contributed by atoms with Crippen LogP contribution in [0.4, 0.5) is 0 Å². The Balaban J connectivity index is 2.18. The summed E-state index contributed by atoms with van der Waals surface area (Å²) in [7, 11) is 0. The van der Waals surface area contributed by atoms with Crippen molar-refractivity contribution in [1.82, 2.24) is 10.6 Å². The Morgan fingerprint density at radius 1 is 1.33 bits per heavy atom. The fourth-order valence-corrected chi connectivity index (χ4v) is 2.11. The van der Waals surface area contributed by atoms with Gasteiger partial charge in [-0.05, 0) is 12.8 Å². The molecule has 0 unspecified atom stereocenters. The minimum absolute atomic E-state index is 0.000593. The van der Waals surface area contributed by atoms with Gasteiger partial charge in [0.1, 0.15) is 0 Å². The maximum atomic E-state index is 11.6. The Hall–Kier alpha value is -0.650. The van der Waals surface area contributed by atoms with Gasteiger partial charge in [0.05, 0.1) is 12.1 Å². The van der Waals surface area contributed by atoms with Crippen molar-refractivity contribution >= 4 is 5.91 Å². The van der Waals surface area contributed by atoms with Crippen LogP contribution in [0, 0.1) is 0 Å². The van der Waals surface area contributed by atoms with Gasteiger partial charge in [0.2, 0.25) is 5.91 Å². The van der Waals surface area contributed by atoms with Crippen molar-refractivity contribution in [2.75, 3.05) is 26.3 Å². The topological polar surface area (TPSA) is 70.6 Å². The molecule has 1 aliphatic rings. The number of nitrogens with one attached hydrogen (secondary N) is 2. The molecule has 1 heterocycles. The zero-order valence-electron chi connectivity index (χ0n) is 11.5. The summed E-state index contributed by atoms with van der Waals surface area (Å²) in [5.74, 6) is -0.000593. The average molecular weight is 258 g/mol. The van der Waals surface area contributed by atoms with Crippen molar-refractivity contribution in [3.05, 3.63) is 0 Å². The summed E-state index contributed by atoms with van der Waals surface area (Å²) in [6.07, 6.45) is 3.16. The van der Waals surface area contributed by atoms with Gasteiger partial charge in [-0.15, -0.1) is 0 Å². The quantitative estimate of drug-likeness (QED) is 0.619. The number of amides is 1. The number of aliphatic hydroxyl groups is 1. The van der Waals surface area contributed by atoms with Gasteiger partial charge in [-0.25, -0.2) is 0 Å². The molecule has 0 aromatic rings. The van der Waals surface area contributed by atoms with Crippen LogP contribution in [0.5, 0.6) is 0 Å². The van der Waals surface area contributed by atoms with Gasteiger partial charge in [0.25, 0.3) is 0 Å². The molecule has 1 saturated heterocycles. The van der Waals surface area contributed by atoms with Gasteiger partial charge in [0, 0.05) is 38.6 Å². The van der Waals surface area contributed by atoms with Crippen LogP contribution in [0.3, 0.4) is 0 Å². The van der Waals surface area contributed by atoms with E-state index in [2.05, 4.69) is 24.5 Å². The van der Waals surface area contributed by atoms with Gasteiger partial charge in [-0.1, -0.05) is 13.8 Å². The first-order valence-corrected chi connectivity index (χ1v) is 6.90. The smallest absolute Gasteiger partial charge is 0.234 e. The van der Waals surface area contributed by atoms with E-state index in [4.69, 9.17) is 4.74 Å². The highest BCUT2D eigenvalue weighted by Gasteiger charge is 2.29. The number of hydrogen-bond acceptors (Lipinski definition) is 4. The Labute approximate surface area is 109 Å². The van der Waals surface area contributed by atoms with E-state index in [0.717, 1.165) is 12.8 Å². The SMILES string of the molecule is CCC(CC)NC(=O)CNCC1(O)CCOCC1. The first kappa shape index (κ1) is 15.4. The lowest BCUT2D eigenvalue weighted by Gasteiger charge is -2.32. The lowest BCUT2D eigenvalue weighted by molar-refractivity contribution is -0.121. The zero-order chi connectivity index (χ0) is 13.4. The highest BCUT2D eigenvalue weighted by molar-refractivity contribution is 5.78. The molecule has 1 rings (SSSR count). The van der Waals surface area contributed by atoms with Crippen molar-refractivity contribution in [1.29, 1.82) is 0 Å². The lowest BCUT2D eigenvalue weighted by atomic mass is 9.94. The summed E-state index contributed by atoms with van der Waals surface area (Å²) in [6.45, 7) is 6.03. The molecule has 0 aliphatic carbocycles. The van der Waals surface area contributed by atoms with E-state index in [0.29, 0.717) is 32.6 Å². The van der Waals surface area contributed by atoms with Crippen molar-refractivity contribution in [3.8, 4) is 0 Å². The predicted octanol–water partition coefficient (Wildman–Crippen LogP) is 0.422. The third-order valence-corrected chi connectivity index (χ3v) is 3.51. The van der Waals surface area contributed by atoms with E-state index in [9.17, 15) is 9.90 Å². The van der Waals surface area contributed by atoms with E-state index in [1.807, 2.05) is 0 Å². The molecule has 1 fully saturated rings. The van der Waals surface area contributed by atoms with E-state index in [-0.39, 0.29) is 18.5 Å². The third kappa shape index (κ3) is 5.33. The maximum absolute atomic E-state index is 11.6. The first-order chi connectivity index (χ1) is 8.59. The summed E-state index contributed by atoms with van der Waals surface area (Å²) in [6, 6.07) is 0.255. The molecule has 0 aromatic heterocycles. The van der Waals surface area contributed by atoms with Crippen LogP contribution in [0.2, 0.25) is 0 Å². The molecule has 1 amide bonds. The van der Waals surface area contributed by atoms with Crippen molar-refractivity contribution in [3.63, 3.8) is 0 Å². The largest absolute Gasteiger partial charge is 0.388 e. The number of rotatable bonds is 7. The first-order valence-electron chi connectivity index (χ1n) is 6.90. The highest BCUT2D eigenvalue weighted by Crippen LogP contribution is 2.18. The second kappa shape index (κ2) is 7.71. The van der Waals surface area contributed by atoms with Crippen LogP contribution in [0.15, 0.2) is 0 Å².